The largest absolute Gasteiger partial charge is 0.478 e. The maximum Gasteiger partial charge on any atom is 0.346 e. The first kappa shape index (κ1) is 14.3. The molecule has 0 fully saturated rings. The Kier molecular flexibility index (Phi) is 4.23. The van der Waals surface area contributed by atoms with Crippen molar-refractivity contribution in [1.29, 1.82) is 0 Å². The second-order valence-electron chi connectivity index (χ2n) is 4.07. The monoisotopic (exact) mass is 294 g/mol. The summed E-state index contributed by atoms with van der Waals surface area (Å²) in [4.78, 5) is 33.0. The summed E-state index contributed by atoms with van der Waals surface area (Å²) in [6, 6.07) is 0. The minimum Gasteiger partial charge on any atom is -0.478 e. The van der Waals surface area contributed by atoms with Gasteiger partial charge in [-0.25, -0.2) is 14.6 Å². The number of aromatic amines is 1. The van der Waals surface area contributed by atoms with Crippen molar-refractivity contribution in [3.05, 3.63) is 40.0 Å². The summed E-state index contributed by atoms with van der Waals surface area (Å²) >= 11 is 1.20. The summed E-state index contributed by atoms with van der Waals surface area (Å²) in [7, 11) is 0. The van der Waals surface area contributed by atoms with Crippen molar-refractivity contribution < 1.29 is 9.90 Å². The van der Waals surface area contributed by atoms with Gasteiger partial charge >= 0.3 is 11.7 Å². The van der Waals surface area contributed by atoms with Gasteiger partial charge < -0.3 is 14.7 Å². The molecule has 7 nitrogen and oxygen atoms in total. The maximum atomic E-state index is 11.4. The minimum atomic E-state index is -1.10. The Morgan fingerprint density at radius 3 is 2.95 bits per heavy atom. The van der Waals surface area contributed by atoms with Crippen molar-refractivity contribution in [1.82, 2.24) is 19.5 Å². The molecule has 0 aliphatic heterocycles. The van der Waals surface area contributed by atoms with E-state index in [2.05, 4.69) is 15.0 Å². The number of carboxylic acids is 1. The van der Waals surface area contributed by atoms with Gasteiger partial charge in [0.15, 0.2) is 0 Å². The van der Waals surface area contributed by atoms with E-state index in [0.29, 0.717) is 11.4 Å². The van der Waals surface area contributed by atoms with Gasteiger partial charge in [0.05, 0.1) is 5.75 Å². The molecule has 0 radical (unpaired) electrons. The summed E-state index contributed by atoms with van der Waals surface area (Å²) in [5.74, 6) is 0.165. The number of nitrogens with zero attached hydrogens (tertiary/aromatic N) is 3. The van der Waals surface area contributed by atoms with Crippen LogP contribution < -0.4 is 5.69 Å². The van der Waals surface area contributed by atoms with E-state index in [0.717, 1.165) is 12.4 Å². The van der Waals surface area contributed by atoms with Gasteiger partial charge in [0.1, 0.15) is 16.4 Å². The zero-order valence-electron chi connectivity index (χ0n) is 11.1. The van der Waals surface area contributed by atoms with Gasteiger partial charge in [-0.1, -0.05) is 11.8 Å². The van der Waals surface area contributed by atoms with Gasteiger partial charge in [-0.2, -0.15) is 4.98 Å². The molecule has 0 aromatic carbocycles. The average Bonchev–Trinajstić information content (AvgIpc) is 2.82. The van der Waals surface area contributed by atoms with Crippen molar-refractivity contribution >= 4 is 17.7 Å². The van der Waals surface area contributed by atoms with Crippen LogP contribution in [-0.2, 0) is 12.3 Å². The Balaban J connectivity index is 2.29. The number of imidazole rings is 1. The Morgan fingerprint density at radius 2 is 2.30 bits per heavy atom. The molecule has 2 aromatic heterocycles. The van der Waals surface area contributed by atoms with Crippen LogP contribution >= 0.6 is 11.8 Å². The van der Waals surface area contributed by atoms with Gasteiger partial charge in [0, 0.05) is 24.6 Å². The van der Waals surface area contributed by atoms with E-state index < -0.39 is 11.7 Å². The van der Waals surface area contributed by atoms with E-state index in [4.69, 9.17) is 0 Å². The number of aromatic carboxylic acids is 1. The number of aryl methyl sites for hydroxylation is 2. The number of carbonyl (C=O) groups is 1. The highest BCUT2D eigenvalue weighted by Crippen LogP contribution is 2.24. The molecule has 0 aliphatic carbocycles. The van der Waals surface area contributed by atoms with Crippen molar-refractivity contribution in [2.24, 2.45) is 0 Å². The average molecular weight is 294 g/mol. The van der Waals surface area contributed by atoms with Gasteiger partial charge in [0.25, 0.3) is 0 Å². The van der Waals surface area contributed by atoms with Gasteiger partial charge in [-0.15, -0.1) is 0 Å². The molecule has 0 spiro atoms. The smallest absolute Gasteiger partial charge is 0.346 e. The predicted octanol–water partition coefficient (Wildman–Crippen LogP) is 1.29. The standard InChI is InChI=1S/C12H14N4O3S/c1-3-16-5-4-13-8(16)6-20-10-9(11(17)18)7(2)14-12(19)15-10/h4-5H,3,6H2,1-2H3,(H,17,18)(H,14,15,19). The van der Waals surface area contributed by atoms with Crippen molar-refractivity contribution in [2.45, 2.75) is 31.2 Å². The van der Waals surface area contributed by atoms with Gasteiger partial charge in [-0.05, 0) is 13.8 Å². The lowest BCUT2D eigenvalue weighted by molar-refractivity contribution is 0.0690. The Morgan fingerprint density at radius 1 is 1.55 bits per heavy atom. The summed E-state index contributed by atoms with van der Waals surface area (Å²) < 4.78 is 1.95. The molecule has 0 saturated carbocycles. The molecule has 2 N–H and O–H groups in total. The van der Waals surface area contributed by atoms with Gasteiger partial charge in [-0.3, -0.25) is 0 Å². The summed E-state index contributed by atoms with van der Waals surface area (Å²) in [5, 5.41) is 9.41. The van der Waals surface area contributed by atoms with Crippen molar-refractivity contribution in [3.8, 4) is 0 Å². The van der Waals surface area contributed by atoms with E-state index in [1.165, 1.54) is 11.8 Å². The molecule has 0 amide bonds. The molecule has 106 valence electrons. The lowest BCUT2D eigenvalue weighted by atomic mass is 10.2. The van der Waals surface area contributed by atoms with E-state index in [1.807, 2.05) is 17.7 Å². The summed E-state index contributed by atoms with van der Waals surface area (Å²) in [6.45, 7) is 4.32. The molecule has 8 heteroatoms. The molecule has 2 aromatic rings. The topological polar surface area (TPSA) is 101 Å². The van der Waals surface area contributed by atoms with Crippen LogP contribution in [0.15, 0.2) is 22.2 Å². The lowest BCUT2D eigenvalue weighted by Crippen LogP contribution is -2.18. The first-order chi connectivity index (χ1) is 9.52. The van der Waals surface area contributed by atoms with E-state index in [1.54, 1.807) is 13.1 Å². The van der Waals surface area contributed by atoms with Crippen LogP contribution in [0, 0.1) is 6.92 Å². The zero-order valence-corrected chi connectivity index (χ0v) is 11.9. The number of thioether (sulfide) groups is 1. The van der Waals surface area contributed by atoms with Crippen LogP contribution in [0.1, 0.15) is 28.8 Å². The lowest BCUT2D eigenvalue weighted by Gasteiger charge is -2.07. The maximum absolute atomic E-state index is 11.4. The zero-order chi connectivity index (χ0) is 14.7. The van der Waals surface area contributed by atoms with Gasteiger partial charge in [0.2, 0.25) is 0 Å². The second-order valence-corrected chi connectivity index (χ2v) is 5.03. The second kappa shape index (κ2) is 5.91. The molecule has 0 bridgehead atoms. The molecule has 0 saturated heterocycles. The number of hydrogen-bond donors (Lipinski definition) is 2. The Labute approximate surface area is 119 Å². The number of carboxylic acid groups (broad SMARTS) is 1. The van der Waals surface area contributed by atoms with E-state index in [9.17, 15) is 14.7 Å². The molecular weight excluding hydrogens is 280 g/mol. The summed E-state index contributed by atoms with van der Waals surface area (Å²) in [6.07, 6.45) is 3.54. The third-order valence-electron chi connectivity index (χ3n) is 2.78. The van der Waals surface area contributed by atoms with E-state index >= 15 is 0 Å². The Bertz CT molecular complexity index is 692. The van der Waals surface area contributed by atoms with Crippen molar-refractivity contribution in [2.75, 3.05) is 0 Å². The van der Waals surface area contributed by atoms with Crippen LogP contribution in [-0.4, -0.2) is 30.6 Å². The molecule has 0 atom stereocenters. The quantitative estimate of drug-likeness (QED) is 0.636. The van der Waals surface area contributed by atoms with Crippen molar-refractivity contribution in [3.63, 3.8) is 0 Å². The first-order valence-electron chi connectivity index (χ1n) is 6.00. The highest BCUT2D eigenvalue weighted by atomic mass is 32.2. The SMILES string of the molecule is CCn1ccnc1CSc1nc(=O)[nH]c(C)c1C(=O)O. The highest BCUT2D eigenvalue weighted by Gasteiger charge is 2.17. The summed E-state index contributed by atoms with van der Waals surface area (Å²) in [5.41, 5.74) is -0.211. The van der Waals surface area contributed by atoms with Crippen LogP contribution in [0.5, 0.6) is 0 Å². The number of H-pyrrole nitrogens is 1. The predicted molar refractivity (Wildman–Crippen MR) is 74.0 cm³/mol. The number of aromatic nitrogens is 4. The minimum absolute atomic E-state index is 0.0317. The van der Waals surface area contributed by atoms with E-state index in [-0.39, 0.29) is 10.6 Å². The first-order valence-corrected chi connectivity index (χ1v) is 6.98. The number of rotatable bonds is 5. The fraction of sp³-hybridized carbons (Fsp3) is 0.333. The molecular formula is C12H14N4O3S. The highest BCUT2D eigenvalue weighted by molar-refractivity contribution is 7.98. The molecule has 2 rings (SSSR count). The third-order valence-corrected chi connectivity index (χ3v) is 3.75. The van der Waals surface area contributed by atoms with Crippen LogP contribution in [0.25, 0.3) is 0 Å². The Hall–Kier alpha value is -2.09. The molecule has 20 heavy (non-hydrogen) atoms. The molecule has 0 unspecified atom stereocenters. The molecule has 2 heterocycles. The normalized spacial score (nSPS) is 10.7. The fourth-order valence-electron chi connectivity index (χ4n) is 1.82. The van der Waals surface area contributed by atoms with Crippen LogP contribution in [0.2, 0.25) is 0 Å². The number of hydrogen-bond acceptors (Lipinski definition) is 5. The third kappa shape index (κ3) is 2.90. The number of nitrogens with one attached hydrogen (secondary N) is 1. The van der Waals surface area contributed by atoms with Crippen LogP contribution in [0.4, 0.5) is 0 Å². The van der Waals surface area contributed by atoms with Crippen LogP contribution in [0.3, 0.4) is 0 Å². The molecule has 0 aliphatic rings. The fourth-order valence-corrected chi connectivity index (χ4v) is 2.86.